The number of carbonyl (C=O) groups is 2. The number of aliphatic carboxylic acids is 2. The van der Waals surface area contributed by atoms with Crippen molar-refractivity contribution in [1.29, 1.82) is 0 Å². The van der Waals surface area contributed by atoms with Crippen molar-refractivity contribution in [3.8, 4) is 0 Å². The SMILES string of the molecule is CC(=O)O.CC(C)Cc1ccc(C(C)C(=O)O)cc1. The number of carboxylic acid groups (broad SMARTS) is 2. The third kappa shape index (κ3) is 7.97. The first-order valence-electron chi connectivity index (χ1n) is 6.25. The van der Waals surface area contributed by atoms with E-state index in [2.05, 4.69) is 13.8 Å². The second-order valence-corrected chi connectivity index (χ2v) is 4.92. The van der Waals surface area contributed by atoms with Crippen molar-refractivity contribution in [2.24, 2.45) is 5.92 Å². The molecule has 4 nitrogen and oxygen atoms in total. The molecule has 19 heavy (non-hydrogen) atoms. The summed E-state index contributed by atoms with van der Waals surface area (Å²) in [5, 5.41) is 16.3. The van der Waals surface area contributed by atoms with E-state index in [4.69, 9.17) is 15.0 Å². The summed E-state index contributed by atoms with van der Waals surface area (Å²) in [6, 6.07) is 7.87. The lowest BCUT2D eigenvalue weighted by molar-refractivity contribution is -0.138. The molecule has 0 heterocycles. The smallest absolute Gasteiger partial charge is 0.310 e. The molecule has 1 unspecified atom stereocenters. The summed E-state index contributed by atoms with van der Waals surface area (Å²) < 4.78 is 0. The van der Waals surface area contributed by atoms with Crippen molar-refractivity contribution in [1.82, 2.24) is 0 Å². The summed E-state index contributed by atoms with van der Waals surface area (Å²) in [7, 11) is 0. The maximum Gasteiger partial charge on any atom is 0.310 e. The topological polar surface area (TPSA) is 74.6 Å². The van der Waals surface area contributed by atoms with Gasteiger partial charge in [-0.15, -0.1) is 0 Å². The maximum atomic E-state index is 10.8. The second-order valence-electron chi connectivity index (χ2n) is 4.92. The minimum absolute atomic E-state index is 0.418. The van der Waals surface area contributed by atoms with Gasteiger partial charge in [-0.3, -0.25) is 9.59 Å². The lowest BCUT2D eigenvalue weighted by Gasteiger charge is -2.09. The van der Waals surface area contributed by atoms with Crippen LogP contribution in [0.3, 0.4) is 0 Å². The van der Waals surface area contributed by atoms with Crippen LogP contribution in [0.1, 0.15) is 44.7 Å². The molecule has 2 N–H and O–H groups in total. The lowest BCUT2D eigenvalue weighted by atomic mass is 9.97. The van der Waals surface area contributed by atoms with Crippen molar-refractivity contribution in [3.63, 3.8) is 0 Å². The maximum absolute atomic E-state index is 10.8. The Balaban J connectivity index is 0.000000711. The first kappa shape index (κ1) is 17.2. The predicted molar refractivity (Wildman–Crippen MR) is 74.3 cm³/mol. The number of carboxylic acids is 2. The Hall–Kier alpha value is -1.84. The molecule has 1 aromatic rings. The molecule has 1 aromatic carbocycles. The van der Waals surface area contributed by atoms with Crippen LogP contribution in [0.2, 0.25) is 0 Å². The number of hydrogen-bond acceptors (Lipinski definition) is 2. The molecule has 0 bridgehead atoms. The van der Waals surface area contributed by atoms with E-state index in [0.717, 1.165) is 18.9 Å². The van der Waals surface area contributed by atoms with Gasteiger partial charge in [-0.1, -0.05) is 38.1 Å². The minimum atomic E-state index is -0.833. The average molecular weight is 266 g/mol. The van der Waals surface area contributed by atoms with Crippen LogP contribution in [0.4, 0.5) is 0 Å². The van der Waals surface area contributed by atoms with Gasteiger partial charge in [-0.25, -0.2) is 0 Å². The molecule has 1 atom stereocenters. The average Bonchev–Trinajstić information content (AvgIpc) is 2.27. The molecule has 106 valence electrons. The summed E-state index contributed by atoms with van der Waals surface area (Å²) in [4.78, 5) is 19.8. The fraction of sp³-hybridized carbons (Fsp3) is 0.467. The highest BCUT2D eigenvalue weighted by atomic mass is 16.4. The molecule has 0 spiro atoms. The van der Waals surface area contributed by atoms with Crippen molar-refractivity contribution < 1.29 is 19.8 Å². The third-order valence-corrected chi connectivity index (χ3v) is 2.49. The normalized spacial score (nSPS) is 11.4. The molecule has 0 aliphatic heterocycles. The molecule has 4 heteroatoms. The van der Waals surface area contributed by atoms with Crippen molar-refractivity contribution >= 4 is 11.9 Å². The van der Waals surface area contributed by atoms with Gasteiger partial charge in [0.1, 0.15) is 0 Å². The molecule has 0 aliphatic rings. The molecule has 0 saturated heterocycles. The molecule has 0 saturated carbocycles. The van der Waals surface area contributed by atoms with Crippen LogP contribution in [-0.4, -0.2) is 22.2 Å². The Morgan fingerprint density at radius 1 is 1.05 bits per heavy atom. The largest absolute Gasteiger partial charge is 0.481 e. The van der Waals surface area contributed by atoms with Crippen LogP contribution < -0.4 is 0 Å². The van der Waals surface area contributed by atoms with Crippen LogP contribution in [0.5, 0.6) is 0 Å². The highest BCUT2D eigenvalue weighted by molar-refractivity contribution is 5.75. The van der Waals surface area contributed by atoms with Gasteiger partial charge in [-0.2, -0.15) is 0 Å². The van der Waals surface area contributed by atoms with Gasteiger partial charge in [-0.05, 0) is 30.4 Å². The Kier molecular flexibility index (Phi) is 7.49. The van der Waals surface area contributed by atoms with Gasteiger partial charge in [0.15, 0.2) is 0 Å². The Bertz CT molecular complexity index is 403. The van der Waals surface area contributed by atoms with Gasteiger partial charge >= 0.3 is 5.97 Å². The number of benzene rings is 1. The van der Waals surface area contributed by atoms with Crippen molar-refractivity contribution in [2.75, 3.05) is 0 Å². The highest BCUT2D eigenvalue weighted by Gasteiger charge is 2.12. The Labute approximate surface area is 114 Å². The minimum Gasteiger partial charge on any atom is -0.481 e. The zero-order valence-corrected chi connectivity index (χ0v) is 11.9. The first-order valence-corrected chi connectivity index (χ1v) is 6.25. The standard InChI is InChI=1S/C13H18O2.C2H4O2/c1-9(2)8-11-4-6-12(7-5-11)10(3)13(14)15;1-2(3)4/h4-7,9-10H,8H2,1-3H3,(H,14,15);1H3,(H,3,4). The summed E-state index contributed by atoms with van der Waals surface area (Å²) in [6.07, 6.45) is 1.04. The third-order valence-electron chi connectivity index (χ3n) is 2.49. The van der Waals surface area contributed by atoms with Gasteiger partial charge in [0.2, 0.25) is 0 Å². The van der Waals surface area contributed by atoms with E-state index < -0.39 is 17.9 Å². The quantitative estimate of drug-likeness (QED) is 0.877. The van der Waals surface area contributed by atoms with Gasteiger partial charge in [0, 0.05) is 6.92 Å². The molecule has 0 fully saturated rings. The summed E-state index contributed by atoms with van der Waals surface area (Å²) in [5.74, 6) is -1.39. The summed E-state index contributed by atoms with van der Waals surface area (Å²) in [6.45, 7) is 7.14. The number of hydrogen-bond donors (Lipinski definition) is 2. The zero-order valence-electron chi connectivity index (χ0n) is 11.9. The van der Waals surface area contributed by atoms with Crippen molar-refractivity contribution in [2.45, 2.75) is 40.0 Å². The molecular formula is C15H22O4. The van der Waals surface area contributed by atoms with Crippen LogP contribution in [0.15, 0.2) is 24.3 Å². The first-order chi connectivity index (χ1) is 8.73. The predicted octanol–water partition coefficient (Wildman–Crippen LogP) is 3.16. The van der Waals surface area contributed by atoms with Crippen LogP contribution >= 0.6 is 0 Å². The number of rotatable bonds is 4. The molecule has 0 aromatic heterocycles. The highest BCUT2D eigenvalue weighted by Crippen LogP contribution is 2.17. The fourth-order valence-electron chi connectivity index (χ4n) is 1.56. The fourth-order valence-corrected chi connectivity index (χ4v) is 1.56. The van der Waals surface area contributed by atoms with Gasteiger partial charge in [0.05, 0.1) is 5.92 Å². The van der Waals surface area contributed by atoms with E-state index in [0.29, 0.717) is 5.92 Å². The Morgan fingerprint density at radius 2 is 1.47 bits per heavy atom. The molecule has 1 rings (SSSR count). The van der Waals surface area contributed by atoms with Crippen LogP contribution in [-0.2, 0) is 16.0 Å². The van der Waals surface area contributed by atoms with E-state index in [9.17, 15) is 4.79 Å². The lowest BCUT2D eigenvalue weighted by Crippen LogP contribution is -2.07. The van der Waals surface area contributed by atoms with Crippen molar-refractivity contribution in [3.05, 3.63) is 35.4 Å². The summed E-state index contributed by atoms with van der Waals surface area (Å²) in [5.41, 5.74) is 2.14. The van der Waals surface area contributed by atoms with Gasteiger partial charge < -0.3 is 10.2 Å². The molecule has 0 aliphatic carbocycles. The van der Waals surface area contributed by atoms with E-state index in [-0.39, 0.29) is 0 Å². The zero-order chi connectivity index (χ0) is 15.0. The van der Waals surface area contributed by atoms with E-state index in [1.54, 1.807) is 6.92 Å². The van der Waals surface area contributed by atoms with Gasteiger partial charge in [0.25, 0.3) is 5.97 Å². The second kappa shape index (κ2) is 8.29. The molecular weight excluding hydrogens is 244 g/mol. The molecule has 0 amide bonds. The Morgan fingerprint density at radius 3 is 1.79 bits per heavy atom. The van der Waals surface area contributed by atoms with Crippen LogP contribution in [0.25, 0.3) is 0 Å². The summed E-state index contributed by atoms with van der Waals surface area (Å²) >= 11 is 0. The monoisotopic (exact) mass is 266 g/mol. The van der Waals surface area contributed by atoms with E-state index in [1.807, 2.05) is 24.3 Å². The molecule has 0 radical (unpaired) electrons. The van der Waals surface area contributed by atoms with E-state index in [1.165, 1.54) is 5.56 Å². The van der Waals surface area contributed by atoms with E-state index >= 15 is 0 Å². The van der Waals surface area contributed by atoms with Crippen LogP contribution in [0, 0.1) is 5.92 Å².